The molecular formula is C17H19BrN2O4S. The number of nitrogens with one attached hydrogen (secondary N) is 1. The third kappa shape index (κ3) is 4.38. The minimum Gasteiger partial charge on any atom is -0.462 e. The number of amides is 1. The van der Waals surface area contributed by atoms with E-state index in [-0.39, 0.29) is 24.6 Å². The Labute approximate surface area is 157 Å². The van der Waals surface area contributed by atoms with Crippen molar-refractivity contribution in [2.24, 2.45) is 0 Å². The van der Waals surface area contributed by atoms with Crippen LogP contribution in [-0.4, -0.2) is 23.1 Å². The zero-order valence-electron chi connectivity index (χ0n) is 14.4. The summed E-state index contributed by atoms with van der Waals surface area (Å²) in [6.07, 6.45) is 1.56. The number of rotatable bonds is 5. The zero-order valence-corrected chi connectivity index (χ0v) is 16.8. The van der Waals surface area contributed by atoms with Gasteiger partial charge in [0.15, 0.2) is 0 Å². The van der Waals surface area contributed by atoms with E-state index in [9.17, 15) is 14.4 Å². The van der Waals surface area contributed by atoms with Gasteiger partial charge >= 0.3 is 5.97 Å². The third-order valence-electron chi connectivity index (χ3n) is 3.66. The van der Waals surface area contributed by atoms with Crippen LogP contribution in [0.4, 0.5) is 5.00 Å². The van der Waals surface area contributed by atoms with Crippen molar-refractivity contribution in [2.75, 3.05) is 11.9 Å². The second kappa shape index (κ2) is 7.97. The highest BCUT2D eigenvalue weighted by atomic mass is 79.9. The van der Waals surface area contributed by atoms with E-state index in [4.69, 9.17) is 4.74 Å². The molecule has 2 heterocycles. The minimum absolute atomic E-state index is 0.141. The van der Waals surface area contributed by atoms with Crippen molar-refractivity contribution >= 4 is 44.1 Å². The molecule has 0 aliphatic carbocycles. The summed E-state index contributed by atoms with van der Waals surface area (Å²) in [5.41, 5.74) is 1.46. The van der Waals surface area contributed by atoms with Gasteiger partial charge in [0.1, 0.15) is 11.5 Å². The lowest BCUT2D eigenvalue weighted by Gasteiger charge is -2.09. The highest BCUT2D eigenvalue weighted by Crippen LogP contribution is 2.33. The topological polar surface area (TPSA) is 77.4 Å². The summed E-state index contributed by atoms with van der Waals surface area (Å²) in [6, 6.07) is 1.70. The molecule has 1 N–H and O–H groups in total. The number of hydrogen-bond acceptors (Lipinski definition) is 5. The summed E-state index contributed by atoms with van der Waals surface area (Å²) in [7, 11) is 0. The number of nitrogens with zero attached hydrogens (tertiary/aromatic N) is 1. The number of aryl methyl sites for hydroxylation is 2. The van der Waals surface area contributed by atoms with Crippen LogP contribution in [0, 0.1) is 20.8 Å². The fourth-order valence-electron chi connectivity index (χ4n) is 2.34. The number of pyridine rings is 1. The lowest BCUT2D eigenvalue weighted by atomic mass is 10.1. The molecule has 25 heavy (non-hydrogen) atoms. The molecule has 0 atom stereocenters. The number of hydrogen-bond donors (Lipinski definition) is 1. The largest absolute Gasteiger partial charge is 0.462 e. The van der Waals surface area contributed by atoms with E-state index in [0.717, 1.165) is 10.4 Å². The first-order valence-electron chi connectivity index (χ1n) is 7.68. The number of halogens is 1. The molecule has 8 heteroatoms. The predicted octanol–water partition coefficient (Wildman–Crippen LogP) is 3.41. The van der Waals surface area contributed by atoms with Crippen LogP contribution in [-0.2, 0) is 16.1 Å². The van der Waals surface area contributed by atoms with Crippen LogP contribution < -0.4 is 10.9 Å². The van der Waals surface area contributed by atoms with Crippen LogP contribution in [0.2, 0.25) is 0 Å². The summed E-state index contributed by atoms with van der Waals surface area (Å²) in [6.45, 7) is 7.22. The maximum absolute atomic E-state index is 12.4. The summed E-state index contributed by atoms with van der Waals surface area (Å²) < 4.78 is 7.11. The first kappa shape index (κ1) is 19.4. The van der Waals surface area contributed by atoms with Crippen molar-refractivity contribution in [1.82, 2.24) is 4.57 Å². The number of esters is 1. The maximum atomic E-state index is 12.4. The SMILES string of the molecule is CCOC(=O)c1c(NC(=O)Cn2cc(Br)cc(C)c2=O)sc(C)c1C. The Morgan fingerprint density at radius 3 is 2.64 bits per heavy atom. The van der Waals surface area contributed by atoms with E-state index in [1.165, 1.54) is 15.9 Å². The highest BCUT2D eigenvalue weighted by Gasteiger charge is 2.22. The van der Waals surface area contributed by atoms with Crippen LogP contribution in [0.1, 0.15) is 33.3 Å². The molecule has 2 aromatic rings. The standard InChI is InChI=1S/C17H19BrN2O4S/c1-5-24-17(23)14-10(3)11(4)25-15(14)19-13(21)8-20-7-12(18)6-9(2)16(20)22/h6-7H,5,8H2,1-4H3,(H,19,21). The van der Waals surface area contributed by atoms with Gasteiger partial charge in [-0.15, -0.1) is 11.3 Å². The Hall–Kier alpha value is -1.93. The number of carbonyl (C=O) groups excluding carboxylic acids is 2. The van der Waals surface area contributed by atoms with Gasteiger partial charge in [-0.05, 0) is 55.3 Å². The number of ether oxygens (including phenoxy) is 1. The molecule has 0 saturated carbocycles. The van der Waals surface area contributed by atoms with E-state index in [2.05, 4.69) is 21.2 Å². The number of carbonyl (C=O) groups is 2. The summed E-state index contributed by atoms with van der Waals surface area (Å²) in [5.74, 6) is -0.846. The Bertz CT molecular complexity index is 886. The molecule has 0 spiro atoms. The van der Waals surface area contributed by atoms with Gasteiger partial charge in [-0.25, -0.2) is 4.79 Å². The lowest BCUT2D eigenvalue weighted by Crippen LogP contribution is -2.28. The van der Waals surface area contributed by atoms with Gasteiger partial charge in [-0.2, -0.15) is 0 Å². The lowest BCUT2D eigenvalue weighted by molar-refractivity contribution is -0.116. The monoisotopic (exact) mass is 426 g/mol. The van der Waals surface area contributed by atoms with Crippen molar-refractivity contribution < 1.29 is 14.3 Å². The molecule has 0 aliphatic rings. The van der Waals surface area contributed by atoms with Gasteiger partial charge in [0.05, 0.1) is 12.2 Å². The molecule has 0 unspecified atom stereocenters. The Kier molecular flexibility index (Phi) is 6.18. The Balaban J connectivity index is 2.26. The second-order valence-corrected chi connectivity index (χ2v) is 7.67. The molecule has 134 valence electrons. The fraction of sp³-hybridized carbons (Fsp3) is 0.353. The third-order valence-corrected chi connectivity index (χ3v) is 5.22. The minimum atomic E-state index is -0.463. The van der Waals surface area contributed by atoms with Crippen LogP contribution >= 0.6 is 27.3 Å². The molecule has 0 aromatic carbocycles. The van der Waals surface area contributed by atoms with E-state index >= 15 is 0 Å². The van der Waals surface area contributed by atoms with Crippen LogP contribution in [0.5, 0.6) is 0 Å². The van der Waals surface area contributed by atoms with Gasteiger partial charge in [0, 0.05) is 21.1 Å². The van der Waals surface area contributed by atoms with Crippen LogP contribution in [0.25, 0.3) is 0 Å². The number of anilines is 1. The molecule has 2 aromatic heterocycles. The molecule has 6 nitrogen and oxygen atoms in total. The average molecular weight is 427 g/mol. The Morgan fingerprint density at radius 2 is 2.00 bits per heavy atom. The normalized spacial score (nSPS) is 10.6. The summed E-state index contributed by atoms with van der Waals surface area (Å²) >= 11 is 4.63. The molecule has 0 saturated heterocycles. The molecule has 2 rings (SSSR count). The molecular weight excluding hydrogens is 408 g/mol. The van der Waals surface area contributed by atoms with Crippen molar-refractivity contribution in [3.05, 3.63) is 48.7 Å². The number of aromatic nitrogens is 1. The summed E-state index contributed by atoms with van der Waals surface area (Å²) in [4.78, 5) is 37.6. The van der Waals surface area contributed by atoms with Crippen molar-refractivity contribution in [1.29, 1.82) is 0 Å². The van der Waals surface area contributed by atoms with Crippen LogP contribution in [0.3, 0.4) is 0 Å². The van der Waals surface area contributed by atoms with E-state index in [1.807, 2.05) is 13.8 Å². The molecule has 0 bridgehead atoms. The number of thiophene rings is 1. The van der Waals surface area contributed by atoms with E-state index in [1.54, 1.807) is 26.1 Å². The average Bonchev–Trinajstić information content (AvgIpc) is 2.78. The Morgan fingerprint density at radius 1 is 1.32 bits per heavy atom. The molecule has 0 radical (unpaired) electrons. The van der Waals surface area contributed by atoms with Crippen LogP contribution in [0.15, 0.2) is 21.5 Å². The second-order valence-electron chi connectivity index (χ2n) is 5.53. The van der Waals surface area contributed by atoms with Gasteiger partial charge in [-0.3, -0.25) is 9.59 Å². The van der Waals surface area contributed by atoms with E-state index in [0.29, 0.717) is 20.6 Å². The first-order chi connectivity index (χ1) is 11.7. The van der Waals surface area contributed by atoms with E-state index < -0.39 is 5.97 Å². The van der Waals surface area contributed by atoms with Gasteiger partial charge in [0.2, 0.25) is 5.91 Å². The fourth-order valence-corrected chi connectivity index (χ4v) is 4.00. The molecule has 0 aliphatic heterocycles. The zero-order chi connectivity index (χ0) is 18.7. The van der Waals surface area contributed by atoms with Gasteiger partial charge in [-0.1, -0.05) is 0 Å². The highest BCUT2D eigenvalue weighted by molar-refractivity contribution is 9.10. The van der Waals surface area contributed by atoms with Gasteiger partial charge < -0.3 is 14.6 Å². The van der Waals surface area contributed by atoms with Gasteiger partial charge in [0.25, 0.3) is 5.56 Å². The van der Waals surface area contributed by atoms with Crippen molar-refractivity contribution in [3.8, 4) is 0 Å². The molecule has 0 fully saturated rings. The smallest absolute Gasteiger partial charge is 0.341 e. The first-order valence-corrected chi connectivity index (χ1v) is 9.29. The van der Waals surface area contributed by atoms with Crippen molar-refractivity contribution in [2.45, 2.75) is 34.2 Å². The maximum Gasteiger partial charge on any atom is 0.341 e. The molecule has 1 amide bonds. The quantitative estimate of drug-likeness (QED) is 0.742. The van der Waals surface area contributed by atoms with Crippen molar-refractivity contribution in [3.63, 3.8) is 0 Å². The predicted molar refractivity (Wildman–Crippen MR) is 102 cm³/mol. The summed E-state index contributed by atoms with van der Waals surface area (Å²) in [5, 5.41) is 3.17.